The summed E-state index contributed by atoms with van der Waals surface area (Å²) in [6.45, 7) is 0.873. The third-order valence-corrected chi connectivity index (χ3v) is 4.44. The zero-order valence-electron chi connectivity index (χ0n) is 8.04. The fourth-order valence-corrected chi connectivity index (χ4v) is 3.79. The Morgan fingerprint density at radius 2 is 2.15 bits per heavy atom. The summed E-state index contributed by atoms with van der Waals surface area (Å²) in [6.07, 6.45) is 7.02. The number of aliphatic hydroxyl groups is 1. The van der Waals surface area contributed by atoms with Crippen molar-refractivity contribution in [3.8, 4) is 0 Å². The van der Waals surface area contributed by atoms with Crippen LogP contribution in [0.3, 0.4) is 0 Å². The minimum Gasteiger partial charge on any atom is -0.390 e. The molecule has 4 atom stereocenters. The number of fused-ring (bicyclic) bond motifs is 3. The number of aliphatic hydroxyl groups excluding tert-OH is 1. The van der Waals surface area contributed by atoms with Crippen molar-refractivity contribution in [2.75, 3.05) is 6.61 Å². The molecule has 1 aliphatic heterocycles. The Labute approximate surface area is 79.3 Å². The second-order valence-corrected chi connectivity index (χ2v) is 5.03. The molecular formula is C11H18O2. The molecule has 0 aromatic rings. The van der Waals surface area contributed by atoms with Gasteiger partial charge in [-0.15, -0.1) is 0 Å². The first-order valence-electron chi connectivity index (χ1n) is 5.63. The Morgan fingerprint density at radius 3 is 2.92 bits per heavy atom. The van der Waals surface area contributed by atoms with Gasteiger partial charge in [-0.3, -0.25) is 0 Å². The molecule has 0 aromatic heterocycles. The molecule has 2 aliphatic carbocycles. The Bertz CT molecular complexity index is 208. The number of ether oxygens (including phenoxy) is 1. The summed E-state index contributed by atoms with van der Waals surface area (Å²) < 4.78 is 5.87. The van der Waals surface area contributed by atoms with Gasteiger partial charge in [-0.2, -0.15) is 0 Å². The summed E-state index contributed by atoms with van der Waals surface area (Å²) in [7, 11) is 0. The van der Waals surface area contributed by atoms with Crippen LogP contribution in [0.4, 0.5) is 0 Å². The molecule has 1 saturated heterocycles. The van der Waals surface area contributed by atoms with Gasteiger partial charge in [0.1, 0.15) is 0 Å². The van der Waals surface area contributed by atoms with Crippen LogP contribution in [0.5, 0.6) is 0 Å². The summed E-state index contributed by atoms with van der Waals surface area (Å²) in [6, 6.07) is 0. The first-order chi connectivity index (χ1) is 6.31. The van der Waals surface area contributed by atoms with Crippen molar-refractivity contribution in [1.29, 1.82) is 0 Å². The van der Waals surface area contributed by atoms with Crippen molar-refractivity contribution in [3.63, 3.8) is 0 Å². The second kappa shape index (κ2) is 2.71. The van der Waals surface area contributed by atoms with E-state index in [2.05, 4.69) is 0 Å². The summed E-state index contributed by atoms with van der Waals surface area (Å²) >= 11 is 0. The highest BCUT2D eigenvalue weighted by molar-refractivity contribution is 5.05. The van der Waals surface area contributed by atoms with Crippen molar-refractivity contribution < 1.29 is 9.84 Å². The highest BCUT2D eigenvalue weighted by atomic mass is 16.5. The maximum atomic E-state index is 10.1. The van der Waals surface area contributed by atoms with Gasteiger partial charge < -0.3 is 9.84 Å². The average molecular weight is 182 g/mol. The fourth-order valence-electron chi connectivity index (χ4n) is 3.79. The summed E-state index contributed by atoms with van der Waals surface area (Å²) in [4.78, 5) is 0. The fraction of sp³-hybridized carbons (Fsp3) is 1.00. The number of hydrogen-bond acceptors (Lipinski definition) is 2. The van der Waals surface area contributed by atoms with Crippen LogP contribution in [0.15, 0.2) is 0 Å². The van der Waals surface area contributed by atoms with Crippen LogP contribution in [0.2, 0.25) is 0 Å². The van der Waals surface area contributed by atoms with E-state index in [0.717, 1.165) is 31.8 Å². The first kappa shape index (κ1) is 8.25. The largest absolute Gasteiger partial charge is 0.390 e. The molecule has 13 heavy (non-hydrogen) atoms. The van der Waals surface area contributed by atoms with Gasteiger partial charge in [0.15, 0.2) is 0 Å². The molecule has 0 unspecified atom stereocenters. The molecule has 2 heteroatoms. The zero-order chi connectivity index (χ0) is 8.89. The van der Waals surface area contributed by atoms with Gasteiger partial charge in [0.25, 0.3) is 0 Å². The first-order valence-corrected chi connectivity index (χ1v) is 5.63. The molecule has 3 rings (SSSR count). The van der Waals surface area contributed by atoms with Crippen LogP contribution in [0.1, 0.15) is 38.5 Å². The molecule has 0 aromatic carbocycles. The molecule has 1 N–H and O–H groups in total. The quantitative estimate of drug-likeness (QED) is 0.618. The van der Waals surface area contributed by atoms with Gasteiger partial charge in [-0.25, -0.2) is 0 Å². The van der Waals surface area contributed by atoms with E-state index < -0.39 is 0 Å². The molecule has 3 fully saturated rings. The van der Waals surface area contributed by atoms with Crippen LogP contribution < -0.4 is 0 Å². The highest BCUT2D eigenvalue weighted by Gasteiger charge is 2.54. The smallest absolute Gasteiger partial charge is 0.0969 e. The second-order valence-electron chi connectivity index (χ2n) is 5.03. The Kier molecular flexibility index (Phi) is 1.72. The third-order valence-electron chi connectivity index (χ3n) is 4.44. The van der Waals surface area contributed by atoms with E-state index in [4.69, 9.17) is 4.74 Å². The maximum Gasteiger partial charge on any atom is 0.0969 e. The molecule has 1 heterocycles. The number of rotatable bonds is 0. The molecule has 2 nitrogen and oxygen atoms in total. The molecule has 74 valence electrons. The normalized spacial score (nSPS) is 54.7. The van der Waals surface area contributed by atoms with Crippen molar-refractivity contribution in [1.82, 2.24) is 0 Å². The molecule has 2 bridgehead atoms. The minimum atomic E-state index is -0.166. The molecule has 3 aliphatic rings. The number of hydrogen-bond donors (Lipinski definition) is 1. The summed E-state index contributed by atoms with van der Waals surface area (Å²) in [5, 5.41) is 10.1. The predicted molar refractivity (Wildman–Crippen MR) is 49.4 cm³/mol. The van der Waals surface area contributed by atoms with Crippen LogP contribution in [-0.4, -0.2) is 23.4 Å². The standard InChI is InChI=1S/C11H18O2/c12-10-7-8-2-3-9(6-8)11(10)4-1-5-13-11/h8-10,12H,1-7H2/t8-,9+,10-,11-/m1/s1. The highest BCUT2D eigenvalue weighted by Crippen LogP contribution is 2.52. The zero-order valence-corrected chi connectivity index (χ0v) is 8.04. The van der Waals surface area contributed by atoms with Crippen LogP contribution in [0, 0.1) is 11.8 Å². The van der Waals surface area contributed by atoms with E-state index in [1.54, 1.807) is 0 Å². The van der Waals surface area contributed by atoms with Crippen molar-refractivity contribution >= 4 is 0 Å². The van der Waals surface area contributed by atoms with E-state index in [0.29, 0.717) is 5.92 Å². The van der Waals surface area contributed by atoms with Gasteiger partial charge >= 0.3 is 0 Å². The Balaban J connectivity index is 1.91. The van der Waals surface area contributed by atoms with E-state index in [-0.39, 0.29) is 11.7 Å². The molecule has 2 saturated carbocycles. The van der Waals surface area contributed by atoms with Crippen molar-refractivity contribution in [2.24, 2.45) is 11.8 Å². The van der Waals surface area contributed by atoms with Crippen molar-refractivity contribution in [3.05, 3.63) is 0 Å². The monoisotopic (exact) mass is 182 g/mol. The van der Waals surface area contributed by atoms with E-state index in [9.17, 15) is 5.11 Å². The van der Waals surface area contributed by atoms with E-state index in [1.807, 2.05) is 0 Å². The summed E-state index contributed by atoms with van der Waals surface area (Å²) in [5.41, 5.74) is -0.104. The lowest BCUT2D eigenvalue weighted by atomic mass is 9.72. The Hall–Kier alpha value is -0.0800. The van der Waals surface area contributed by atoms with Crippen LogP contribution in [-0.2, 0) is 4.74 Å². The van der Waals surface area contributed by atoms with Gasteiger partial charge in [0.05, 0.1) is 11.7 Å². The minimum absolute atomic E-state index is 0.104. The summed E-state index contributed by atoms with van der Waals surface area (Å²) in [5.74, 6) is 1.47. The Morgan fingerprint density at radius 1 is 1.23 bits per heavy atom. The van der Waals surface area contributed by atoms with Crippen LogP contribution >= 0.6 is 0 Å². The van der Waals surface area contributed by atoms with E-state index >= 15 is 0 Å². The molecular weight excluding hydrogens is 164 g/mol. The predicted octanol–water partition coefficient (Wildman–Crippen LogP) is 1.72. The maximum absolute atomic E-state index is 10.1. The SMILES string of the molecule is O[C@@H]1C[C@@H]2CC[C@@H](C2)[C@]12CCCO2. The van der Waals surface area contributed by atoms with Crippen molar-refractivity contribution in [2.45, 2.75) is 50.2 Å². The lowest BCUT2D eigenvalue weighted by Crippen LogP contribution is -2.50. The lowest BCUT2D eigenvalue weighted by Gasteiger charge is -2.42. The van der Waals surface area contributed by atoms with E-state index in [1.165, 1.54) is 19.3 Å². The van der Waals surface area contributed by atoms with Gasteiger partial charge in [-0.1, -0.05) is 0 Å². The third kappa shape index (κ3) is 1.02. The lowest BCUT2D eigenvalue weighted by molar-refractivity contribution is -0.143. The molecule has 0 radical (unpaired) electrons. The van der Waals surface area contributed by atoms with Gasteiger partial charge in [0.2, 0.25) is 0 Å². The van der Waals surface area contributed by atoms with Gasteiger partial charge in [-0.05, 0) is 50.4 Å². The average Bonchev–Trinajstić information content (AvgIpc) is 2.67. The topological polar surface area (TPSA) is 29.5 Å². The molecule has 1 spiro atoms. The van der Waals surface area contributed by atoms with Gasteiger partial charge in [0, 0.05) is 6.61 Å². The molecule has 0 amide bonds. The van der Waals surface area contributed by atoms with Crippen LogP contribution in [0.25, 0.3) is 0 Å².